The standard InChI is InChI=1S/C25H29F3N4O3S/c1-20-5-7-23(8-6-20)36(33,34)32(12-11-30-13-15-35-16-14-30)19-24-29-9-10-31(24)18-21-3-2-4-22(17-21)25(26,27)28/h2-10,17H,11-16,18-19H2,1H3. The molecular weight excluding hydrogens is 493 g/mol. The maximum Gasteiger partial charge on any atom is 0.416 e. The minimum absolute atomic E-state index is 0.00743. The van der Waals surface area contributed by atoms with Gasteiger partial charge in [0.2, 0.25) is 10.0 Å². The summed E-state index contributed by atoms with van der Waals surface area (Å²) in [6, 6.07) is 11.8. The molecule has 1 saturated heterocycles. The monoisotopic (exact) mass is 522 g/mol. The number of benzene rings is 2. The molecule has 3 aromatic rings. The number of alkyl halides is 3. The third-order valence-corrected chi connectivity index (χ3v) is 8.01. The molecule has 0 radical (unpaired) electrons. The van der Waals surface area contributed by atoms with Crippen LogP contribution in [-0.2, 0) is 34.0 Å². The summed E-state index contributed by atoms with van der Waals surface area (Å²) in [7, 11) is -3.84. The molecule has 1 aromatic heterocycles. The van der Waals surface area contributed by atoms with Gasteiger partial charge < -0.3 is 9.30 Å². The van der Waals surface area contributed by atoms with Crippen LogP contribution in [0.25, 0.3) is 0 Å². The summed E-state index contributed by atoms with van der Waals surface area (Å²) >= 11 is 0. The Balaban J connectivity index is 1.57. The van der Waals surface area contributed by atoms with Gasteiger partial charge in [-0.25, -0.2) is 13.4 Å². The van der Waals surface area contributed by atoms with Crippen LogP contribution < -0.4 is 0 Å². The average Bonchev–Trinajstić information content (AvgIpc) is 3.28. The molecule has 1 aliphatic heterocycles. The second kappa shape index (κ2) is 11.1. The minimum Gasteiger partial charge on any atom is -0.379 e. The van der Waals surface area contributed by atoms with E-state index < -0.39 is 21.8 Å². The zero-order valence-corrected chi connectivity index (χ0v) is 20.8. The molecule has 2 aromatic carbocycles. The summed E-state index contributed by atoms with van der Waals surface area (Å²) in [5.74, 6) is 0.449. The van der Waals surface area contributed by atoms with Crippen molar-refractivity contribution in [2.45, 2.75) is 31.1 Å². The fourth-order valence-corrected chi connectivity index (χ4v) is 5.44. The highest BCUT2D eigenvalue weighted by Gasteiger charge is 2.30. The van der Waals surface area contributed by atoms with E-state index in [2.05, 4.69) is 9.88 Å². The normalized spacial score (nSPS) is 15.5. The van der Waals surface area contributed by atoms with Crippen LogP contribution in [0.4, 0.5) is 13.2 Å². The topological polar surface area (TPSA) is 67.7 Å². The summed E-state index contributed by atoms with van der Waals surface area (Å²) in [5, 5.41) is 0. The van der Waals surface area contributed by atoms with E-state index in [1.807, 2.05) is 6.92 Å². The first-order valence-corrected chi connectivity index (χ1v) is 13.1. The van der Waals surface area contributed by atoms with Crippen molar-refractivity contribution in [1.29, 1.82) is 0 Å². The second-order valence-electron chi connectivity index (χ2n) is 8.78. The largest absolute Gasteiger partial charge is 0.416 e. The quantitative estimate of drug-likeness (QED) is 0.428. The summed E-state index contributed by atoms with van der Waals surface area (Å²) in [6.45, 7) is 5.45. The molecule has 36 heavy (non-hydrogen) atoms. The Kier molecular flexibility index (Phi) is 8.13. The van der Waals surface area contributed by atoms with Gasteiger partial charge in [0.1, 0.15) is 5.82 Å². The average molecular weight is 523 g/mol. The lowest BCUT2D eigenvalue weighted by Crippen LogP contribution is -2.43. The van der Waals surface area contributed by atoms with Crippen LogP contribution in [0.5, 0.6) is 0 Å². The molecule has 0 amide bonds. The van der Waals surface area contributed by atoms with Gasteiger partial charge in [0.05, 0.1) is 30.2 Å². The lowest BCUT2D eigenvalue weighted by atomic mass is 10.1. The van der Waals surface area contributed by atoms with E-state index in [4.69, 9.17) is 4.74 Å². The highest BCUT2D eigenvalue weighted by Crippen LogP contribution is 2.30. The summed E-state index contributed by atoms with van der Waals surface area (Å²) in [5.41, 5.74) is 0.673. The SMILES string of the molecule is Cc1ccc(S(=O)(=O)N(CCN2CCOCC2)Cc2nccn2Cc2cccc(C(F)(F)F)c2)cc1. The predicted octanol–water partition coefficient (Wildman–Crippen LogP) is 3.78. The molecule has 2 heterocycles. The van der Waals surface area contributed by atoms with Crippen molar-refractivity contribution in [2.24, 2.45) is 0 Å². The Morgan fingerprint density at radius 1 is 1.08 bits per heavy atom. The van der Waals surface area contributed by atoms with E-state index in [0.29, 0.717) is 31.1 Å². The molecule has 0 spiro atoms. The van der Waals surface area contributed by atoms with Gasteiger partial charge in [0.15, 0.2) is 0 Å². The van der Waals surface area contributed by atoms with Gasteiger partial charge in [0, 0.05) is 45.1 Å². The Hall–Kier alpha value is -2.73. The van der Waals surface area contributed by atoms with Crippen LogP contribution in [0.3, 0.4) is 0 Å². The smallest absolute Gasteiger partial charge is 0.379 e. The molecule has 1 aliphatic rings. The van der Waals surface area contributed by atoms with Gasteiger partial charge in [-0.2, -0.15) is 17.5 Å². The van der Waals surface area contributed by atoms with Crippen LogP contribution in [0, 0.1) is 6.92 Å². The Morgan fingerprint density at radius 2 is 1.81 bits per heavy atom. The van der Waals surface area contributed by atoms with Gasteiger partial charge >= 0.3 is 6.18 Å². The third kappa shape index (κ3) is 6.52. The molecule has 0 atom stereocenters. The number of sulfonamides is 1. The summed E-state index contributed by atoms with van der Waals surface area (Å²) < 4.78 is 75.1. The lowest BCUT2D eigenvalue weighted by molar-refractivity contribution is -0.137. The fraction of sp³-hybridized carbons (Fsp3) is 0.400. The number of ether oxygens (including phenoxy) is 1. The van der Waals surface area contributed by atoms with E-state index in [9.17, 15) is 21.6 Å². The number of aryl methyl sites for hydroxylation is 1. The molecule has 11 heteroatoms. The first-order valence-electron chi connectivity index (χ1n) is 11.7. The molecule has 1 fully saturated rings. The predicted molar refractivity (Wildman–Crippen MR) is 129 cm³/mol. The number of halogens is 3. The molecule has 194 valence electrons. The van der Waals surface area contributed by atoms with Crippen molar-refractivity contribution < 1.29 is 26.3 Å². The zero-order chi connectivity index (χ0) is 25.8. The van der Waals surface area contributed by atoms with Crippen LogP contribution in [0.15, 0.2) is 65.8 Å². The maximum absolute atomic E-state index is 13.6. The molecular formula is C25H29F3N4O3S. The third-order valence-electron chi connectivity index (χ3n) is 6.15. The minimum atomic E-state index is -4.44. The molecule has 4 rings (SSSR count). The van der Waals surface area contributed by atoms with E-state index in [-0.39, 0.29) is 24.5 Å². The number of nitrogens with zero attached hydrogens (tertiary/aromatic N) is 4. The highest BCUT2D eigenvalue weighted by molar-refractivity contribution is 7.89. The summed E-state index contributed by atoms with van der Waals surface area (Å²) in [4.78, 5) is 6.68. The van der Waals surface area contributed by atoms with Gasteiger partial charge in [-0.05, 0) is 36.8 Å². The van der Waals surface area contributed by atoms with Crippen LogP contribution >= 0.6 is 0 Å². The number of aromatic nitrogens is 2. The molecule has 0 saturated carbocycles. The van der Waals surface area contributed by atoms with Crippen molar-refractivity contribution in [1.82, 2.24) is 18.8 Å². The lowest BCUT2D eigenvalue weighted by Gasteiger charge is -2.29. The number of hydrogen-bond donors (Lipinski definition) is 0. The van der Waals surface area contributed by atoms with E-state index in [1.54, 1.807) is 41.1 Å². The molecule has 0 bridgehead atoms. The second-order valence-corrected chi connectivity index (χ2v) is 10.7. The van der Waals surface area contributed by atoms with Crippen molar-refractivity contribution in [3.05, 3.63) is 83.4 Å². The Bertz CT molecular complexity index is 1250. The van der Waals surface area contributed by atoms with Crippen molar-refractivity contribution in [3.8, 4) is 0 Å². The molecule has 7 nitrogen and oxygen atoms in total. The van der Waals surface area contributed by atoms with E-state index in [0.717, 1.165) is 30.8 Å². The van der Waals surface area contributed by atoms with Crippen molar-refractivity contribution in [3.63, 3.8) is 0 Å². The van der Waals surface area contributed by atoms with E-state index in [1.165, 1.54) is 16.6 Å². The summed E-state index contributed by atoms with van der Waals surface area (Å²) in [6.07, 6.45) is -1.26. The molecule has 0 N–H and O–H groups in total. The highest BCUT2D eigenvalue weighted by atomic mass is 32.2. The molecule has 0 aliphatic carbocycles. The van der Waals surface area contributed by atoms with Gasteiger partial charge in [-0.15, -0.1) is 0 Å². The van der Waals surface area contributed by atoms with Crippen molar-refractivity contribution >= 4 is 10.0 Å². The molecule has 0 unspecified atom stereocenters. The number of hydrogen-bond acceptors (Lipinski definition) is 5. The van der Waals surface area contributed by atoms with Gasteiger partial charge in [0.25, 0.3) is 0 Å². The number of morpholine rings is 1. The number of imidazole rings is 1. The zero-order valence-electron chi connectivity index (χ0n) is 20.0. The first-order chi connectivity index (χ1) is 17.1. The number of rotatable bonds is 9. The van der Waals surface area contributed by atoms with Crippen molar-refractivity contribution in [2.75, 3.05) is 39.4 Å². The van der Waals surface area contributed by atoms with Crippen LogP contribution in [0.1, 0.15) is 22.5 Å². The first kappa shape index (κ1) is 26.3. The van der Waals surface area contributed by atoms with Gasteiger partial charge in [-0.1, -0.05) is 29.8 Å². The van der Waals surface area contributed by atoms with E-state index >= 15 is 0 Å². The Morgan fingerprint density at radius 3 is 2.50 bits per heavy atom. The Labute approximate surface area is 209 Å². The van der Waals surface area contributed by atoms with Gasteiger partial charge in [-0.3, -0.25) is 4.90 Å². The fourth-order valence-electron chi connectivity index (χ4n) is 4.06. The maximum atomic E-state index is 13.6. The van der Waals surface area contributed by atoms with Crippen LogP contribution in [-0.4, -0.2) is 66.6 Å². The van der Waals surface area contributed by atoms with Crippen LogP contribution in [0.2, 0.25) is 0 Å².